The number of nitrogens with one attached hydrogen (secondary N) is 4. The first-order valence-corrected chi connectivity index (χ1v) is 11.0. The highest BCUT2D eigenvalue weighted by atomic mass is 127. The number of aromatic amines is 1. The third-order valence-electron chi connectivity index (χ3n) is 5.33. The summed E-state index contributed by atoms with van der Waals surface area (Å²) in [6, 6.07) is 6.49. The van der Waals surface area contributed by atoms with Gasteiger partial charge in [0.05, 0.1) is 3.57 Å². The van der Waals surface area contributed by atoms with Crippen LogP contribution in [0.5, 0.6) is 0 Å². The topological polar surface area (TPSA) is 90.6 Å². The number of aryl methyl sites for hydroxylation is 3. The summed E-state index contributed by atoms with van der Waals surface area (Å²) in [6.45, 7) is 8.51. The summed E-state index contributed by atoms with van der Waals surface area (Å²) in [7, 11) is 0. The van der Waals surface area contributed by atoms with Crippen molar-refractivity contribution in [3.05, 3.63) is 50.4 Å². The molecule has 1 fully saturated rings. The highest BCUT2D eigenvalue weighted by molar-refractivity contribution is 14.1. The molecule has 0 aliphatic carbocycles. The normalized spacial score (nSPS) is 14.8. The molecule has 0 bridgehead atoms. The van der Waals surface area contributed by atoms with Gasteiger partial charge in [0.15, 0.2) is 11.6 Å². The first-order valence-electron chi connectivity index (χ1n) is 9.90. The lowest BCUT2D eigenvalue weighted by Gasteiger charge is -2.25. The lowest BCUT2D eigenvalue weighted by atomic mass is 9.86. The third-order valence-corrected chi connectivity index (χ3v) is 6.12. The number of anilines is 4. The molecule has 1 saturated heterocycles. The summed E-state index contributed by atoms with van der Waals surface area (Å²) in [5.41, 5.74) is 6.04. The lowest BCUT2D eigenvalue weighted by Crippen LogP contribution is -2.27. The molecule has 0 spiro atoms. The Morgan fingerprint density at radius 2 is 1.83 bits per heavy atom. The van der Waals surface area contributed by atoms with E-state index in [1.807, 2.05) is 19.2 Å². The Bertz CT molecular complexity index is 1010. The van der Waals surface area contributed by atoms with Crippen LogP contribution in [0, 0.1) is 24.3 Å². The van der Waals surface area contributed by atoms with Gasteiger partial charge in [-0.2, -0.15) is 10.1 Å². The number of aromatic nitrogens is 4. The zero-order valence-electron chi connectivity index (χ0n) is 16.9. The van der Waals surface area contributed by atoms with E-state index < -0.39 is 0 Å². The monoisotopic (exact) mass is 503 g/mol. The number of piperidine rings is 1. The van der Waals surface area contributed by atoms with Crippen LogP contribution in [0.1, 0.15) is 41.1 Å². The average Bonchev–Trinajstić information content (AvgIpc) is 3.12. The van der Waals surface area contributed by atoms with E-state index >= 15 is 0 Å². The standard InChI is InChI=1S/C21H26IN7/c1-12-9-18(13(2)8-16(12)15-4-6-23-7-5-15)25-21-24-11-17(22)20(27-21)26-19-10-14(3)28-29-19/h8-11,15,23H,4-7H2,1-3H3,(H3,24,25,26,27,28,29). The maximum absolute atomic E-state index is 4.65. The van der Waals surface area contributed by atoms with Crippen molar-refractivity contribution in [3.63, 3.8) is 0 Å². The summed E-state index contributed by atoms with van der Waals surface area (Å²) in [5, 5.41) is 17.2. The Labute approximate surface area is 184 Å². The number of hydrogen-bond acceptors (Lipinski definition) is 6. The second kappa shape index (κ2) is 8.66. The van der Waals surface area contributed by atoms with Crippen molar-refractivity contribution >= 4 is 45.9 Å². The van der Waals surface area contributed by atoms with Crippen LogP contribution in [-0.2, 0) is 0 Å². The third kappa shape index (κ3) is 4.69. The van der Waals surface area contributed by atoms with Crippen LogP contribution in [0.2, 0.25) is 0 Å². The van der Waals surface area contributed by atoms with Crippen molar-refractivity contribution in [2.45, 2.75) is 39.5 Å². The molecule has 1 aromatic carbocycles. The van der Waals surface area contributed by atoms with Crippen molar-refractivity contribution in [2.75, 3.05) is 23.7 Å². The molecule has 0 unspecified atom stereocenters. The highest BCUT2D eigenvalue weighted by Gasteiger charge is 2.18. The van der Waals surface area contributed by atoms with Crippen molar-refractivity contribution < 1.29 is 0 Å². The van der Waals surface area contributed by atoms with Crippen LogP contribution in [-0.4, -0.2) is 33.3 Å². The van der Waals surface area contributed by atoms with Crippen LogP contribution >= 0.6 is 22.6 Å². The number of nitrogens with zero attached hydrogens (tertiary/aromatic N) is 3. The van der Waals surface area contributed by atoms with Gasteiger partial charge in [0.25, 0.3) is 0 Å². The van der Waals surface area contributed by atoms with Crippen molar-refractivity contribution in [1.82, 2.24) is 25.5 Å². The van der Waals surface area contributed by atoms with Crippen molar-refractivity contribution in [3.8, 4) is 0 Å². The Kier molecular flexibility index (Phi) is 6.00. The smallest absolute Gasteiger partial charge is 0.229 e. The van der Waals surface area contributed by atoms with E-state index in [1.165, 1.54) is 29.5 Å². The average molecular weight is 503 g/mol. The van der Waals surface area contributed by atoms with Crippen molar-refractivity contribution in [1.29, 1.82) is 0 Å². The summed E-state index contributed by atoms with van der Waals surface area (Å²) >= 11 is 2.22. The number of rotatable bonds is 5. The summed E-state index contributed by atoms with van der Waals surface area (Å²) in [4.78, 5) is 9.11. The van der Waals surface area contributed by atoms with Gasteiger partial charge < -0.3 is 16.0 Å². The molecule has 3 heterocycles. The van der Waals surface area contributed by atoms with Crippen LogP contribution in [0.3, 0.4) is 0 Å². The first kappa shape index (κ1) is 20.1. The van der Waals surface area contributed by atoms with Gasteiger partial charge in [0, 0.05) is 23.6 Å². The van der Waals surface area contributed by atoms with E-state index in [0.29, 0.717) is 11.9 Å². The molecule has 0 radical (unpaired) electrons. The molecule has 2 aromatic heterocycles. The number of benzene rings is 1. The highest BCUT2D eigenvalue weighted by Crippen LogP contribution is 2.32. The van der Waals surface area contributed by atoms with E-state index in [0.717, 1.165) is 39.7 Å². The summed E-state index contributed by atoms with van der Waals surface area (Å²) in [5.74, 6) is 2.68. The van der Waals surface area contributed by atoms with Crippen LogP contribution in [0.4, 0.5) is 23.3 Å². The van der Waals surface area contributed by atoms with Gasteiger partial charge in [-0.1, -0.05) is 6.07 Å². The molecular formula is C21H26IN7. The molecule has 8 heteroatoms. The molecule has 3 aromatic rings. The molecule has 1 aliphatic heterocycles. The maximum Gasteiger partial charge on any atom is 0.229 e. The quantitative estimate of drug-likeness (QED) is 0.378. The molecule has 0 saturated carbocycles. The van der Waals surface area contributed by atoms with Crippen LogP contribution in [0.25, 0.3) is 0 Å². The fraction of sp³-hybridized carbons (Fsp3) is 0.381. The Balaban J connectivity index is 1.55. The summed E-state index contributed by atoms with van der Waals surface area (Å²) < 4.78 is 0.933. The maximum atomic E-state index is 4.65. The molecule has 0 amide bonds. The van der Waals surface area contributed by atoms with Gasteiger partial charge in [-0.25, -0.2) is 4.98 Å². The molecule has 0 atom stereocenters. The Morgan fingerprint density at radius 3 is 2.55 bits per heavy atom. The van der Waals surface area contributed by atoms with Crippen LogP contribution in [0.15, 0.2) is 24.4 Å². The lowest BCUT2D eigenvalue weighted by molar-refractivity contribution is 0.459. The molecule has 152 valence electrons. The van der Waals surface area contributed by atoms with Gasteiger partial charge in [0.1, 0.15) is 0 Å². The van der Waals surface area contributed by atoms with E-state index in [9.17, 15) is 0 Å². The minimum atomic E-state index is 0.567. The predicted octanol–water partition coefficient (Wildman–Crippen LogP) is 4.68. The summed E-state index contributed by atoms with van der Waals surface area (Å²) in [6.07, 6.45) is 4.22. The molecule has 29 heavy (non-hydrogen) atoms. The zero-order valence-corrected chi connectivity index (χ0v) is 19.1. The Hall–Kier alpha value is -2.20. The minimum absolute atomic E-state index is 0.567. The molecule has 4 N–H and O–H groups in total. The predicted molar refractivity (Wildman–Crippen MR) is 125 cm³/mol. The molecule has 7 nitrogen and oxygen atoms in total. The van der Waals surface area contributed by atoms with Gasteiger partial charge in [-0.15, -0.1) is 0 Å². The molecule has 4 rings (SSSR count). The minimum Gasteiger partial charge on any atom is -0.324 e. The second-order valence-electron chi connectivity index (χ2n) is 7.62. The van der Waals surface area contributed by atoms with E-state index in [4.69, 9.17) is 0 Å². The van der Waals surface area contributed by atoms with Crippen LogP contribution < -0.4 is 16.0 Å². The molecular weight excluding hydrogens is 477 g/mol. The van der Waals surface area contributed by atoms with E-state index in [-0.39, 0.29) is 0 Å². The largest absolute Gasteiger partial charge is 0.324 e. The fourth-order valence-corrected chi connectivity index (χ4v) is 4.18. The first-order chi connectivity index (χ1) is 14.0. The van der Waals surface area contributed by atoms with Crippen molar-refractivity contribution in [2.24, 2.45) is 0 Å². The second-order valence-corrected chi connectivity index (χ2v) is 8.79. The van der Waals surface area contributed by atoms with E-state index in [1.54, 1.807) is 0 Å². The SMILES string of the molecule is Cc1cc(Nc2nc(Nc3cc(C)c(C4CCNCC4)cc3C)ncc2I)n[nH]1. The van der Waals surface area contributed by atoms with Gasteiger partial charge >= 0.3 is 0 Å². The Morgan fingerprint density at radius 1 is 1.03 bits per heavy atom. The number of halogens is 1. The van der Waals surface area contributed by atoms with E-state index in [2.05, 4.69) is 84.7 Å². The number of H-pyrrole nitrogens is 1. The van der Waals surface area contributed by atoms with Gasteiger partial charge in [0.2, 0.25) is 5.95 Å². The number of hydrogen-bond donors (Lipinski definition) is 4. The van der Waals surface area contributed by atoms with Gasteiger partial charge in [-0.05, 0) is 98.0 Å². The zero-order chi connectivity index (χ0) is 20.4. The fourth-order valence-electron chi connectivity index (χ4n) is 3.78. The molecule has 1 aliphatic rings. The van der Waals surface area contributed by atoms with Gasteiger partial charge in [-0.3, -0.25) is 5.10 Å².